The number of carbonyl (C=O) groups excluding carboxylic acids is 1. The molecule has 0 radical (unpaired) electrons. The third-order valence-corrected chi connectivity index (χ3v) is 4.46. The van der Waals surface area contributed by atoms with Crippen LogP contribution in [-0.4, -0.2) is 6.29 Å². The largest absolute Gasteiger partial charge is 0.303 e. The Kier molecular flexibility index (Phi) is 6.92. The second-order valence-corrected chi connectivity index (χ2v) is 6.40. The van der Waals surface area contributed by atoms with Crippen LogP contribution in [0.25, 0.3) is 33.4 Å². The Morgan fingerprint density at radius 2 is 0.893 bits per heavy atom. The van der Waals surface area contributed by atoms with Crippen molar-refractivity contribution in [2.24, 2.45) is 0 Å². The molecule has 28 heavy (non-hydrogen) atoms. The molecule has 0 fully saturated rings. The van der Waals surface area contributed by atoms with E-state index in [2.05, 4.69) is 109 Å². The number of benzene rings is 4. The highest BCUT2D eigenvalue weighted by atomic mass is 16.1. The van der Waals surface area contributed by atoms with E-state index in [1.54, 1.807) is 0 Å². The fourth-order valence-corrected chi connectivity index (χ4v) is 3.18. The molecular weight excluding hydrogens is 340 g/mol. The molecule has 0 saturated heterocycles. The van der Waals surface area contributed by atoms with Gasteiger partial charge in [-0.05, 0) is 33.4 Å². The van der Waals surface area contributed by atoms with E-state index in [1.165, 1.54) is 33.4 Å². The first-order valence-electron chi connectivity index (χ1n) is 9.58. The first kappa shape index (κ1) is 19.3. The van der Waals surface area contributed by atoms with E-state index in [4.69, 9.17) is 0 Å². The van der Waals surface area contributed by atoms with Crippen molar-refractivity contribution < 1.29 is 4.79 Å². The van der Waals surface area contributed by atoms with Crippen LogP contribution in [0.5, 0.6) is 0 Å². The number of hydrogen-bond acceptors (Lipinski definition) is 1. The molecule has 4 aromatic carbocycles. The van der Waals surface area contributed by atoms with Crippen molar-refractivity contribution in [3.63, 3.8) is 0 Å². The molecular formula is C27H24O. The molecule has 0 aliphatic heterocycles. The Labute approximate surface area is 167 Å². The van der Waals surface area contributed by atoms with Gasteiger partial charge >= 0.3 is 0 Å². The average Bonchev–Trinajstić information content (AvgIpc) is 2.80. The summed E-state index contributed by atoms with van der Waals surface area (Å²) in [5.74, 6) is 0. The molecule has 1 heteroatoms. The third-order valence-electron chi connectivity index (χ3n) is 4.46. The molecule has 0 aliphatic rings. The van der Waals surface area contributed by atoms with Gasteiger partial charge in [0.15, 0.2) is 0 Å². The van der Waals surface area contributed by atoms with Crippen molar-refractivity contribution in [2.45, 2.75) is 13.3 Å². The van der Waals surface area contributed by atoms with E-state index >= 15 is 0 Å². The molecule has 0 bridgehead atoms. The maximum atomic E-state index is 9.17. The minimum atomic E-state index is 0.639. The van der Waals surface area contributed by atoms with Crippen LogP contribution >= 0.6 is 0 Å². The molecule has 0 N–H and O–H groups in total. The van der Waals surface area contributed by atoms with Crippen LogP contribution in [0.1, 0.15) is 13.3 Å². The summed E-state index contributed by atoms with van der Waals surface area (Å²) < 4.78 is 0. The monoisotopic (exact) mass is 364 g/mol. The summed E-state index contributed by atoms with van der Waals surface area (Å²) in [4.78, 5) is 9.17. The van der Waals surface area contributed by atoms with E-state index in [0.717, 1.165) is 6.29 Å². The number of aldehydes is 1. The van der Waals surface area contributed by atoms with Crippen molar-refractivity contribution in [1.29, 1.82) is 0 Å². The van der Waals surface area contributed by atoms with Crippen LogP contribution in [0.3, 0.4) is 0 Å². The Bertz CT molecular complexity index is 932. The Morgan fingerprint density at radius 3 is 1.25 bits per heavy atom. The molecule has 0 aliphatic carbocycles. The predicted molar refractivity (Wildman–Crippen MR) is 119 cm³/mol. The first-order valence-corrected chi connectivity index (χ1v) is 9.58. The SMILES string of the molecule is CCC=O.c1ccc(-c2cccc(-c3ccccc3)c2-c2ccccc2)cc1. The quantitative estimate of drug-likeness (QED) is 0.348. The molecule has 0 unspecified atom stereocenters. The maximum Gasteiger partial charge on any atom is 0.119 e. The fourth-order valence-electron chi connectivity index (χ4n) is 3.18. The van der Waals surface area contributed by atoms with E-state index in [9.17, 15) is 4.79 Å². The van der Waals surface area contributed by atoms with Gasteiger partial charge in [0.1, 0.15) is 6.29 Å². The summed E-state index contributed by atoms with van der Waals surface area (Å²) in [6.45, 7) is 1.81. The van der Waals surface area contributed by atoms with Gasteiger partial charge in [-0.3, -0.25) is 0 Å². The van der Waals surface area contributed by atoms with E-state index < -0.39 is 0 Å². The van der Waals surface area contributed by atoms with Gasteiger partial charge in [0.2, 0.25) is 0 Å². The van der Waals surface area contributed by atoms with Gasteiger partial charge in [-0.2, -0.15) is 0 Å². The van der Waals surface area contributed by atoms with Gasteiger partial charge < -0.3 is 4.79 Å². The average molecular weight is 364 g/mol. The predicted octanol–water partition coefficient (Wildman–Crippen LogP) is 7.28. The Morgan fingerprint density at radius 1 is 0.536 bits per heavy atom. The minimum absolute atomic E-state index is 0.639. The van der Waals surface area contributed by atoms with Crippen LogP contribution in [0.4, 0.5) is 0 Å². The lowest BCUT2D eigenvalue weighted by Gasteiger charge is -2.16. The minimum Gasteiger partial charge on any atom is -0.303 e. The molecule has 0 saturated carbocycles. The second kappa shape index (κ2) is 10.0. The van der Waals surface area contributed by atoms with Crippen LogP contribution in [0.2, 0.25) is 0 Å². The van der Waals surface area contributed by atoms with Crippen molar-refractivity contribution in [3.8, 4) is 33.4 Å². The lowest BCUT2D eigenvalue weighted by Crippen LogP contribution is -1.90. The molecule has 1 nitrogen and oxygen atoms in total. The standard InChI is InChI=1S/C24H18.C3H6O/c1-4-11-19(12-5-1)22-17-10-18-23(20-13-6-2-7-14-20)24(22)21-15-8-3-9-16-21;1-2-3-4/h1-18H;3H,2H2,1H3. The summed E-state index contributed by atoms with van der Waals surface area (Å²) in [6.07, 6.45) is 1.51. The van der Waals surface area contributed by atoms with Gasteiger partial charge in [0.25, 0.3) is 0 Å². The second-order valence-electron chi connectivity index (χ2n) is 6.40. The van der Waals surface area contributed by atoms with Gasteiger partial charge in [0.05, 0.1) is 0 Å². The summed E-state index contributed by atoms with van der Waals surface area (Å²) in [5, 5.41) is 0. The number of hydrogen-bond donors (Lipinski definition) is 0. The molecule has 0 spiro atoms. The number of rotatable bonds is 4. The Balaban J connectivity index is 0.000000516. The Hall–Kier alpha value is -3.45. The van der Waals surface area contributed by atoms with Gasteiger partial charge in [-0.15, -0.1) is 0 Å². The van der Waals surface area contributed by atoms with Crippen LogP contribution in [-0.2, 0) is 4.79 Å². The van der Waals surface area contributed by atoms with Gasteiger partial charge in [0, 0.05) is 6.42 Å². The van der Waals surface area contributed by atoms with E-state index in [0.29, 0.717) is 6.42 Å². The highest BCUT2D eigenvalue weighted by Crippen LogP contribution is 2.39. The third kappa shape index (κ3) is 4.63. The number of carbonyl (C=O) groups is 1. The molecule has 138 valence electrons. The maximum absolute atomic E-state index is 9.17. The molecule has 0 heterocycles. The highest BCUT2D eigenvalue weighted by Gasteiger charge is 2.13. The van der Waals surface area contributed by atoms with Gasteiger partial charge in [-0.1, -0.05) is 116 Å². The highest BCUT2D eigenvalue weighted by molar-refractivity contribution is 5.94. The zero-order chi connectivity index (χ0) is 19.6. The van der Waals surface area contributed by atoms with E-state index in [1.807, 2.05) is 6.92 Å². The summed E-state index contributed by atoms with van der Waals surface area (Å²) >= 11 is 0. The van der Waals surface area contributed by atoms with Crippen LogP contribution in [0, 0.1) is 0 Å². The van der Waals surface area contributed by atoms with Crippen molar-refractivity contribution >= 4 is 6.29 Å². The molecule has 0 aromatic heterocycles. The first-order chi connectivity index (χ1) is 13.8. The lowest BCUT2D eigenvalue weighted by atomic mass is 9.88. The molecule has 4 rings (SSSR count). The van der Waals surface area contributed by atoms with E-state index in [-0.39, 0.29) is 0 Å². The fraction of sp³-hybridized carbons (Fsp3) is 0.0741. The zero-order valence-electron chi connectivity index (χ0n) is 16.1. The smallest absolute Gasteiger partial charge is 0.119 e. The van der Waals surface area contributed by atoms with Gasteiger partial charge in [-0.25, -0.2) is 0 Å². The normalized spacial score (nSPS) is 9.89. The van der Waals surface area contributed by atoms with Crippen molar-refractivity contribution in [2.75, 3.05) is 0 Å². The van der Waals surface area contributed by atoms with Crippen LogP contribution < -0.4 is 0 Å². The van der Waals surface area contributed by atoms with Crippen molar-refractivity contribution in [1.82, 2.24) is 0 Å². The topological polar surface area (TPSA) is 17.1 Å². The molecule has 0 atom stereocenters. The summed E-state index contributed by atoms with van der Waals surface area (Å²) in [5.41, 5.74) is 7.56. The lowest BCUT2D eigenvalue weighted by molar-refractivity contribution is -0.107. The summed E-state index contributed by atoms with van der Waals surface area (Å²) in [6, 6.07) is 38.4. The summed E-state index contributed by atoms with van der Waals surface area (Å²) in [7, 11) is 0. The molecule has 4 aromatic rings. The zero-order valence-corrected chi connectivity index (χ0v) is 16.1. The molecule has 0 amide bonds. The van der Waals surface area contributed by atoms with Crippen molar-refractivity contribution in [3.05, 3.63) is 109 Å². The van der Waals surface area contributed by atoms with Crippen LogP contribution in [0.15, 0.2) is 109 Å².